The van der Waals surface area contributed by atoms with Gasteiger partial charge in [-0.25, -0.2) is 0 Å². The number of non-ortho nitro benzene ring substituents is 1. The third-order valence-electron chi connectivity index (χ3n) is 3.01. The van der Waals surface area contributed by atoms with E-state index in [1.807, 2.05) is 13.8 Å². The topological polar surface area (TPSA) is 92.5 Å². The van der Waals surface area contributed by atoms with Crippen molar-refractivity contribution < 1.29 is 14.8 Å². The number of hydrogen-bond acceptors (Lipinski definition) is 4. The number of nitrogens with zero attached hydrogens (tertiary/aromatic N) is 1. The minimum absolute atomic E-state index is 0.0197. The van der Waals surface area contributed by atoms with Crippen molar-refractivity contribution in [2.24, 2.45) is 11.8 Å². The highest BCUT2D eigenvalue weighted by molar-refractivity contribution is 6.33. The summed E-state index contributed by atoms with van der Waals surface area (Å²) in [5.41, 5.74) is 0.497. The van der Waals surface area contributed by atoms with Gasteiger partial charge >= 0.3 is 5.97 Å². The van der Waals surface area contributed by atoms with Gasteiger partial charge < -0.3 is 10.4 Å². The van der Waals surface area contributed by atoms with E-state index in [4.69, 9.17) is 16.7 Å². The van der Waals surface area contributed by atoms with E-state index in [0.717, 1.165) is 6.42 Å². The Hall–Kier alpha value is -1.82. The second-order valence-corrected chi connectivity index (χ2v) is 5.80. The lowest BCUT2D eigenvalue weighted by Crippen LogP contribution is -2.19. The van der Waals surface area contributed by atoms with Gasteiger partial charge in [-0.05, 0) is 24.3 Å². The molecule has 0 radical (unpaired) electrons. The van der Waals surface area contributed by atoms with Gasteiger partial charge in [0.15, 0.2) is 0 Å². The summed E-state index contributed by atoms with van der Waals surface area (Å²) >= 11 is 5.99. The summed E-state index contributed by atoms with van der Waals surface area (Å²) in [5, 5.41) is 22.9. The lowest BCUT2D eigenvalue weighted by molar-refractivity contribution is -0.384. The number of carboxylic acid groups (broad SMARTS) is 1. The fourth-order valence-corrected chi connectivity index (χ4v) is 2.41. The molecule has 0 bridgehead atoms. The van der Waals surface area contributed by atoms with E-state index in [-0.39, 0.29) is 23.0 Å². The van der Waals surface area contributed by atoms with E-state index in [9.17, 15) is 14.9 Å². The Labute approximate surface area is 128 Å². The predicted octanol–water partition coefficient (Wildman–Crippen LogP) is 3.80. The molecule has 1 aromatic carbocycles. The molecule has 2 N–H and O–H groups in total. The third kappa shape index (κ3) is 5.99. The first-order chi connectivity index (χ1) is 9.79. The number of hydrogen-bond donors (Lipinski definition) is 2. The monoisotopic (exact) mass is 314 g/mol. The van der Waals surface area contributed by atoms with Gasteiger partial charge in [-0.2, -0.15) is 0 Å². The van der Waals surface area contributed by atoms with E-state index in [2.05, 4.69) is 5.32 Å². The molecule has 6 nitrogen and oxygen atoms in total. The molecule has 1 rings (SSSR count). The third-order valence-corrected chi connectivity index (χ3v) is 3.33. The van der Waals surface area contributed by atoms with Crippen molar-refractivity contribution in [2.75, 3.05) is 11.9 Å². The highest BCUT2D eigenvalue weighted by Gasteiger charge is 2.16. The second kappa shape index (κ2) is 7.83. The van der Waals surface area contributed by atoms with E-state index < -0.39 is 10.9 Å². The molecule has 0 aliphatic heterocycles. The Balaban J connectivity index is 2.70. The number of nitrogens with one attached hydrogen (secondary N) is 1. The van der Waals surface area contributed by atoms with E-state index in [0.29, 0.717) is 18.2 Å². The van der Waals surface area contributed by atoms with E-state index in [1.54, 1.807) is 0 Å². The highest BCUT2D eigenvalue weighted by atomic mass is 35.5. The van der Waals surface area contributed by atoms with Gasteiger partial charge in [0.25, 0.3) is 5.69 Å². The summed E-state index contributed by atoms with van der Waals surface area (Å²) < 4.78 is 0. The van der Waals surface area contributed by atoms with Crippen LogP contribution in [0.2, 0.25) is 5.02 Å². The smallest absolute Gasteiger partial charge is 0.303 e. The van der Waals surface area contributed by atoms with Crippen LogP contribution in [0.25, 0.3) is 0 Å². The molecule has 0 saturated carbocycles. The van der Waals surface area contributed by atoms with Crippen molar-refractivity contribution >= 4 is 28.9 Å². The standard InChI is InChI=1S/C14H19ClN2O4/c1-9(2)5-10(6-14(18)19)8-16-13-4-3-11(17(20)21)7-12(13)15/h3-4,7,9-10,16H,5-6,8H2,1-2H3,(H,18,19). The fourth-order valence-electron chi connectivity index (χ4n) is 2.17. The first kappa shape index (κ1) is 17.2. The quantitative estimate of drug-likeness (QED) is 0.562. The SMILES string of the molecule is CC(C)CC(CNc1ccc([N+](=O)[O-])cc1Cl)CC(=O)O. The van der Waals surface area contributed by atoms with Gasteiger partial charge in [-0.3, -0.25) is 14.9 Å². The van der Waals surface area contributed by atoms with Crippen molar-refractivity contribution in [3.63, 3.8) is 0 Å². The van der Waals surface area contributed by atoms with Crippen molar-refractivity contribution in [2.45, 2.75) is 26.7 Å². The molecule has 0 aromatic heterocycles. The minimum Gasteiger partial charge on any atom is -0.481 e. The molecule has 0 spiro atoms. The highest BCUT2D eigenvalue weighted by Crippen LogP contribution is 2.27. The predicted molar refractivity (Wildman–Crippen MR) is 81.8 cm³/mol. The minimum atomic E-state index is -0.836. The van der Waals surface area contributed by atoms with Crippen LogP contribution in [0.15, 0.2) is 18.2 Å². The maximum absolute atomic E-state index is 10.9. The average Bonchev–Trinajstić information content (AvgIpc) is 2.35. The summed E-state index contributed by atoms with van der Waals surface area (Å²) in [6.07, 6.45) is 0.861. The van der Waals surface area contributed by atoms with Crippen LogP contribution in [0.4, 0.5) is 11.4 Å². The van der Waals surface area contributed by atoms with Crippen LogP contribution < -0.4 is 5.32 Å². The first-order valence-electron chi connectivity index (χ1n) is 6.69. The Kier molecular flexibility index (Phi) is 6.42. The van der Waals surface area contributed by atoms with Crippen molar-refractivity contribution in [3.05, 3.63) is 33.3 Å². The number of nitro groups is 1. The largest absolute Gasteiger partial charge is 0.481 e. The first-order valence-corrected chi connectivity index (χ1v) is 7.07. The maximum atomic E-state index is 10.9. The number of carbonyl (C=O) groups is 1. The summed E-state index contributed by atoms with van der Waals surface area (Å²) in [4.78, 5) is 21.0. The molecule has 0 saturated heterocycles. The van der Waals surface area contributed by atoms with Crippen molar-refractivity contribution in [3.8, 4) is 0 Å². The Morgan fingerprint density at radius 3 is 2.62 bits per heavy atom. The molecule has 7 heteroatoms. The number of benzene rings is 1. The Bertz CT molecular complexity index is 520. The summed E-state index contributed by atoms with van der Waals surface area (Å²) in [6.45, 7) is 4.53. The summed E-state index contributed by atoms with van der Waals surface area (Å²) in [5.74, 6) is -0.463. The molecule has 116 valence electrons. The normalized spacial score (nSPS) is 12.2. The molecule has 21 heavy (non-hydrogen) atoms. The molecule has 0 aliphatic carbocycles. The number of rotatable bonds is 8. The van der Waals surface area contributed by atoms with Crippen LogP contribution >= 0.6 is 11.6 Å². The number of nitro benzene ring substituents is 1. The molecular weight excluding hydrogens is 296 g/mol. The Morgan fingerprint density at radius 2 is 2.14 bits per heavy atom. The number of halogens is 1. The molecular formula is C14H19ClN2O4. The van der Waals surface area contributed by atoms with Crippen LogP contribution in [0, 0.1) is 22.0 Å². The van der Waals surface area contributed by atoms with Gasteiger partial charge in [-0.15, -0.1) is 0 Å². The number of carboxylic acids is 1. The van der Waals surface area contributed by atoms with Gasteiger partial charge in [-0.1, -0.05) is 25.4 Å². The molecule has 0 amide bonds. The molecule has 0 heterocycles. The molecule has 1 unspecified atom stereocenters. The van der Waals surface area contributed by atoms with Crippen molar-refractivity contribution in [1.29, 1.82) is 0 Å². The second-order valence-electron chi connectivity index (χ2n) is 5.40. The number of anilines is 1. The van der Waals surface area contributed by atoms with E-state index >= 15 is 0 Å². The average molecular weight is 315 g/mol. The molecule has 0 fully saturated rings. The summed E-state index contributed by atoms with van der Waals surface area (Å²) in [7, 11) is 0. The molecule has 0 aliphatic rings. The zero-order chi connectivity index (χ0) is 16.0. The maximum Gasteiger partial charge on any atom is 0.303 e. The Morgan fingerprint density at radius 1 is 1.48 bits per heavy atom. The van der Waals surface area contributed by atoms with Gasteiger partial charge in [0.2, 0.25) is 0 Å². The van der Waals surface area contributed by atoms with Gasteiger partial charge in [0.1, 0.15) is 0 Å². The number of aliphatic carboxylic acids is 1. The van der Waals surface area contributed by atoms with E-state index in [1.165, 1.54) is 18.2 Å². The van der Waals surface area contributed by atoms with Crippen LogP contribution in [0.3, 0.4) is 0 Å². The van der Waals surface area contributed by atoms with Crippen LogP contribution in [-0.2, 0) is 4.79 Å². The van der Waals surface area contributed by atoms with Gasteiger partial charge in [0.05, 0.1) is 15.6 Å². The van der Waals surface area contributed by atoms with Crippen molar-refractivity contribution in [1.82, 2.24) is 0 Å². The molecule has 1 atom stereocenters. The summed E-state index contributed by atoms with van der Waals surface area (Å²) in [6, 6.07) is 4.18. The van der Waals surface area contributed by atoms with Gasteiger partial charge in [0, 0.05) is 25.1 Å². The lowest BCUT2D eigenvalue weighted by Gasteiger charge is -2.19. The lowest BCUT2D eigenvalue weighted by atomic mass is 9.94. The zero-order valence-corrected chi connectivity index (χ0v) is 12.8. The zero-order valence-electron chi connectivity index (χ0n) is 12.0. The molecule has 1 aromatic rings. The van der Waals surface area contributed by atoms with Crippen LogP contribution in [0.5, 0.6) is 0 Å². The van der Waals surface area contributed by atoms with Crippen LogP contribution in [-0.4, -0.2) is 22.5 Å². The van der Waals surface area contributed by atoms with Crippen LogP contribution in [0.1, 0.15) is 26.7 Å². The fraction of sp³-hybridized carbons (Fsp3) is 0.500.